The molecule has 25 heavy (non-hydrogen) atoms. The van der Waals surface area contributed by atoms with Gasteiger partial charge in [0.15, 0.2) is 0 Å². The molecule has 5 nitrogen and oxygen atoms in total. The highest BCUT2D eigenvalue weighted by atomic mass is 16.2. The average molecular weight is 343 g/mol. The van der Waals surface area contributed by atoms with E-state index in [0.29, 0.717) is 13.1 Å². The molecule has 2 fully saturated rings. The molecule has 0 unspecified atom stereocenters. The van der Waals surface area contributed by atoms with Crippen molar-refractivity contribution >= 4 is 17.5 Å². The molecule has 0 N–H and O–H groups in total. The lowest BCUT2D eigenvalue weighted by molar-refractivity contribution is -0.140. The molecule has 2 saturated heterocycles. The van der Waals surface area contributed by atoms with Crippen molar-refractivity contribution in [3.8, 4) is 0 Å². The van der Waals surface area contributed by atoms with E-state index < -0.39 is 0 Å². The number of aryl methyl sites for hydroxylation is 1. The summed E-state index contributed by atoms with van der Waals surface area (Å²) in [6.45, 7) is 10.7. The number of benzene rings is 1. The summed E-state index contributed by atoms with van der Waals surface area (Å²) in [5.74, 6) is 0.486. The van der Waals surface area contributed by atoms with E-state index in [2.05, 4.69) is 36.9 Å². The fourth-order valence-corrected chi connectivity index (χ4v) is 3.95. The molecule has 0 spiro atoms. The number of hydrogen-bond donors (Lipinski definition) is 0. The zero-order chi connectivity index (χ0) is 18.0. The van der Waals surface area contributed by atoms with Crippen LogP contribution < -0.4 is 4.90 Å². The van der Waals surface area contributed by atoms with E-state index in [1.165, 1.54) is 16.8 Å². The van der Waals surface area contributed by atoms with Crippen LogP contribution in [0.3, 0.4) is 0 Å². The Balaban J connectivity index is 1.55. The quantitative estimate of drug-likeness (QED) is 0.827. The van der Waals surface area contributed by atoms with Gasteiger partial charge in [0.25, 0.3) is 0 Å². The summed E-state index contributed by atoms with van der Waals surface area (Å²) in [7, 11) is 0. The van der Waals surface area contributed by atoms with Crippen molar-refractivity contribution in [3.05, 3.63) is 29.3 Å². The van der Waals surface area contributed by atoms with E-state index in [1.807, 2.05) is 9.80 Å². The van der Waals surface area contributed by atoms with Gasteiger partial charge in [-0.05, 0) is 43.9 Å². The molecule has 3 rings (SSSR count). The Morgan fingerprint density at radius 3 is 2.16 bits per heavy atom. The number of rotatable bonds is 2. The van der Waals surface area contributed by atoms with Gasteiger partial charge in [-0.15, -0.1) is 0 Å². The summed E-state index contributed by atoms with van der Waals surface area (Å²) < 4.78 is 0. The lowest BCUT2D eigenvalue weighted by Gasteiger charge is -2.39. The first-order valence-electron chi connectivity index (χ1n) is 9.33. The van der Waals surface area contributed by atoms with Gasteiger partial charge in [-0.3, -0.25) is 9.59 Å². The standard InChI is InChI=1S/C20H29N3O2/c1-15-5-4-6-19(16(15)2)22-11-13-23(14-12-22)20(25)18-7-9-21(10-8-18)17(3)24/h4-6,18H,7-14H2,1-3H3. The molecule has 2 aliphatic rings. The third-order valence-corrected chi connectivity index (χ3v) is 5.80. The topological polar surface area (TPSA) is 43.9 Å². The summed E-state index contributed by atoms with van der Waals surface area (Å²) in [6.07, 6.45) is 1.60. The van der Waals surface area contributed by atoms with Crippen LogP contribution in [0.2, 0.25) is 0 Å². The van der Waals surface area contributed by atoms with Gasteiger partial charge in [0.2, 0.25) is 11.8 Å². The van der Waals surface area contributed by atoms with Gasteiger partial charge >= 0.3 is 0 Å². The lowest BCUT2D eigenvalue weighted by atomic mass is 9.95. The van der Waals surface area contributed by atoms with Crippen LogP contribution in [0.1, 0.15) is 30.9 Å². The Kier molecular flexibility index (Phi) is 5.30. The maximum atomic E-state index is 12.8. The number of amides is 2. The molecule has 0 bridgehead atoms. The maximum absolute atomic E-state index is 12.8. The number of carbonyl (C=O) groups excluding carboxylic acids is 2. The molecule has 1 aromatic rings. The van der Waals surface area contributed by atoms with E-state index in [0.717, 1.165) is 39.0 Å². The van der Waals surface area contributed by atoms with Crippen LogP contribution in [0.5, 0.6) is 0 Å². The Labute approximate surface area is 150 Å². The van der Waals surface area contributed by atoms with Gasteiger partial charge in [0.1, 0.15) is 0 Å². The van der Waals surface area contributed by atoms with Crippen molar-refractivity contribution in [3.63, 3.8) is 0 Å². The van der Waals surface area contributed by atoms with Crippen molar-refractivity contribution in [1.82, 2.24) is 9.80 Å². The first-order chi connectivity index (χ1) is 12.0. The number of anilines is 1. The molecule has 2 heterocycles. The predicted molar refractivity (Wildman–Crippen MR) is 99.7 cm³/mol. The van der Waals surface area contributed by atoms with E-state index >= 15 is 0 Å². The molecule has 0 atom stereocenters. The van der Waals surface area contributed by atoms with Crippen LogP contribution >= 0.6 is 0 Å². The SMILES string of the molecule is CC(=O)N1CCC(C(=O)N2CCN(c3cccc(C)c3C)CC2)CC1. The van der Waals surface area contributed by atoms with Crippen molar-refractivity contribution < 1.29 is 9.59 Å². The number of nitrogens with zero attached hydrogens (tertiary/aromatic N) is 3. The first-order valence-corrected chi connectivity index (χ1v) is 9.33. The number of hydrogen-bond acceptors (Lipinski definition) is 3. The van der Waals surface area contributed by atoms with Crippen LogP contribution in [0.25, 0.3) is 0 Å². The number of carbonyl (C=O) groups is 2. The smallest absolute Gasteiger partial charge is 0.225 e. The van der Waals surface area contributed by atoms with Crippen LogP contribution in [-0.2, 0) is 9.59 Å². The fraction of sp³-hybridized carbons (Fsp3) is 0.600. The van der Waals surface area contributed by atoms with E-state index in [-0.39, 0.29) is 17.7 Å². The molecule has 2 amide bonds. The van der Waals surface area contributed by atoms with E-state index in [4.69, 9.17) is 0 Å². The maximum Gasteiger partial charge on any atom is 0.225 e. The second-order valence-electron chi connectivity index (χ2n) is 7.31. The molecule has 0 aliphatic carbocycles. The van der Waals surface area contributed by atoms with Gasteiger partial charge in [-0.2, -0.15) is 0 Å². The lowest BCUT2D eigenvalue weighted by Crippen LogP contribution is -2.52. The number of piperidine rings is 1. The van der Waals surface area contributed by atoms with Crippen molar-refractivity contribution in [2.75, 3.05) is 44.2 Å². The molecule has 1 aromatic carbocycles. The number of piperazine rings is 1. The fourth-order valence-electron chi connectivity index (χ4n) is 3.95. The van der Waals surface area contributed by atoms with Crippen molar-refractivity contribution in [2.24, 2.45) is 5.92 Å². The molecule has 136 valence electrons. The van der Waals surface area contributed by atoms with Gasteiger partial charge in [0.05, 0.1) is 0 Å². The summed E-state index contributed by atoms with van der Waals surface area (Å²) in [6, 6.07) is 6.43. The summed E-state index contributed by atoms with van der Waals surface area (Å²) >= 11 is 0. The first kappa shape index (κ1) is 17.8. The monoisotopic (exact) mass is 343 g/mol. The minimum Gasteiger partial charge on any atom is -0.368 e. The highest BCUT2D eigenvalue weighted by Gasteiger charge is 2.31. The molecule has 0 aromatic heterocycles. The van der Waals surface area contributed by atoms with Crippen molar-refractivity contribution in [2.45, 2.75) is 33.6 Å². The van der Waals surface area contributed by atoms with Crippen molar-refractivity contribution in [1.29, 1.82) is 0 Å². The van der Waals surface area contributed by atoms with E-state index in [9.17, 15) is 9.59 Å². The summed E-state index contributed by atoms with van der Waals surface area (Å²) in [5, 5.41) is 0. The minimum absolute atomic E-state index is 0.0860. The molecule has 0 radical (unpaired) electrons. The average Bonchev–Trinajstić information content (AvgIpc) is 2.64. The predicted octanol–water partition coefficient (Wildman–Crippen LogP) is 2.21. The zero-order valence-corrected chi connectivity index (χ0v) is 15.6. The highest BCUT2D eigenvalue weighted by Crippen LogP contribution is 2.25. The summed E-state index contributed by atoms with van der Waals surface area (Å²) in [4.78, 5) is 30.5. The van der Waals surface area contributed by atoms with Crippen LogP contribution in [0.4, 0.5) is 5.69 Å². The molecule has 5 heteroatoms. The Morgan fingerprint density at radius 1 is 0.920 bits per heavy atom. The summed E-state index contributed by atoms with van der Waals surface area (Å²) in [5.41, 5.74) is 3.94. The highest BCUT2D eigenvalue weighted by molar-refractivity contribution is 5.80. The second kappa shape index (κ2) is 7.46. The number of likely N-dealkylation sites (tertiary alicyclic amines) is 1. The Morgan fingerprint density at radius 2 is 1.56 bits per heavy atom. The third-order valence-electron chi connectivity index (χ3n) is 5.80. The molecule has 2 aliphatic heterocycles. The van der Waals surface area contributed by atoms with Crippen LogP contribution in [0, 0.1) is 19.8 Å². The molecular weight excluding hydrogens is 314 g/mol. The molecular formula is C20H29N3O2. The minimum atomic E-state index is 0.0860. The molecule has 0 saturated carbocycles. The van der Waals surface area contributed by atoms with Crippen LogP contribution in [-0.4, -0.2) is 60.9 Å². The zero-order valence-electron chi connectivity index (χ0n) is 15.6. The Bertz CT molecular complexity index is 642. The normalized spacial score (nSPS) is 19.2. The Hall–Kier alpha value is -2.04. The van der Waals surface area contributed by atoms with Gasteiger partial charge in [-0.1, -0.05) is 12.1 Å². The second-order valence-corrected chi connectivity index (χ2v) is 7.31. The van der Waals surface area contributed by atoms with Gasteiger partial charge in [0, 0.05) is 57.8 Å². The van der Waals surface area contributed by atoms with Crippen LogP contribution in [0.15, 0.2) is 18.2 Å². The largest absolute Gasteiger partial charge is 0.368 e. The van der Waals surface area contributed by atoms with Gasteiger partial charge in [-0.25, -0.2) is 0 Å². The van der Waals surface area contributed by atoms with E-state index in [1.54, 1.807) is 6.92 Å². The third kappa shape index (κ3) is 3.80. The van der Waals surface area contributed by atoms with Gasteiger partial charge < -0.3 is 14.7 Å².